The van der Waals surface area contributed by atoms with E-state index in [9.17, 15) is 9.59 Å². The first-order valence-electron chi connectivity index (χ1n) is 5.14. The monoisotopic (exact) mass is 263 g/mol. The van der Waals surface area contributed by atoms with Crippen molar-refractivity contribution in [1.82, 2.24) is 10.8 Å². The summed E-state index contributed by atoms with van der Waals surface area (Å²) < 4.78 is 0. The number of carbonyl (C=O) groups is 2. The molecule has 0 aliphatic heterocycles. The zero-order valence-electron chi connectivity index (χ0n) is 9.51. The van der Waals surface area contributed by atoms with E-state index in [-0.39, 0.29) is 14.0 Å². The highest BCUT2D eigenvalue weighted by atomic mass is 16.5. The lowest BCUT2D eigenvalue weighted by atomic mass is 10.1. The molecule has 2 amide bonds. The predicted molar refractivity (Wildman–Crippen MR) is 71.3 cm³/mol. The van der Waals surface area contributed by atoms with E-state index in [4.69, 9.17) is 17.4 Å². The number of terminal acetylenes is 1. The summed E-state index contributed by atoms with van der Waals surface area (Å²) in [5, 5.41) is 10.8. The van der Waals surface area contributed by atoms with E-state index in [1.165, 1.54) is 17.6 Å². The second-order valence-electron chi connectivity index (χ2n) is 3.46. The molecule has 0 aromatic heterocycles. The van der Waals surface area contributed by atoms with Crippen molar-refractivity contribution in [1.29, 1.82) is 0 Å². The van der Waals surface area contributed by atoms with Crippen molar-refractivity contribution in [2.75, 3.05) is 6.54 Å². The lowest BCUT2D eigenvalue weighted by molar-refractivity contribution is -0.130. The summed E-state index contributed by atoms with van der Waals surface area (Å²) in [5.74, 6) is 1.18. The second kappa shape index (κ2) is 7.87. The summed E-state index contributed by atoms with van der Waals surface area (Å²) in [5.41, 5.74) is 7.73. The van der Waals surface area contributed by atoms with Gasteiger partial charge in [0.1, 0.15) is 6.04 Å². The number of hydroxylamine groups is 1. The molecule has 5 N–H and O–H groups in total. The minimum Gasteiger partial charge on any atom is -0.339 e. The van der Waals surface area contributed by atoms with Crippen LogP contribution in [0, 0.1) is 12.3 Å². The topological polar surface area (TPSA) is 104 Å². The van der Waals surface area contributed by atoms with Crippen LogP contribution in [0.5, 0.6) is 0 Å². The van der Waals surface area contributed by atoms with Gasteiger partial charge in [-0.05, 0) is 24.3 Å². The molecule has 0 heterocycles. The molecule has 0 fully saturated rings. The normalized spacial score (nSPS) is 10.6. The number of hydrogen-bond acceptors (Lipinski definition) is 4. The Bertz CT molecular complexity index is 477. The van der Waals surface area contributed by atoms with E-state index in [0.717, 1.165) is 0 Å². The number of nitrogens with two attached hydrogens (primary N) is 1. The molecule has 0 aliphatic carbocycles. The predicted octanol–water partition coefficient (Wildman–Crippen LogP) is -0.133. The van der Waals surface area contributed by atoms with Crippen molar-refractivity contribution < 1.29 is 14.8 Å². The number of rotatable bonds is 4. The average Bonchev–Trinajstić information content (AvgIpc) is 2.43. The van der Waals surface area contributed by atoms with Gasteiger partial charge in [-0.3, -0.25) is 14.8 Å². The van der Waals surface area contributed by atoms with E-state index in [2.05, 4.69) is 11.2 Å². The van der Waals surface area contributed by atoms with Crippen LogP contribution in [0.1, 0.15) is 23.3 Å². The number of hydrogen-bond donors (Lipinski definition) is 4. The van der Waals surface area contributed by atoms with Crippen LogP contribution in [0.3, 0.4) is 0 Å². The highest BCUT2D eigenvalue weighted by Crippen LogP contribution is 2.03. The Morgan fingerprint density at radius 3 is 2.37 bits per heavy atom. The fourth-order valence-electron chi connectivity index (χ4n) is 1.27. The summed E-state index contributed by atoms with van der Waals surface area (Å²) in [6, 6.07) is 5.30. The Morgan fingerprint density at radius 2 is 1.95 bits per heavy atom. The van der Waals surface area contributed by atoms with E-state index < -0.39 is 17.9 Å². The molecule has 1 rings (SSSR count). The summed E-state index contributed by atoms with van der Waals surface area (Å²) in [7, 11) is 0. The molecular formula is C13H17N3O3. The van der Waals surface area contributed by atoms with Crippen LogP contribution in [0.4, 0.5) is 0 Å². The molecule has 0 bridgehead atoms. The minimum atomic E-state index is -0.991. The zero-order chi connectivity index (χ0) is 13.5. The Labute approximate surface area is 112 Å². The maximum Gasteiger partial charge on any atom is 0.267 e. The average molecular weight is 263 g/mol. The molecule has 0 saturated heterocycles. The molecule has 6 nitrogen and oxygen atoms in total. The molecule has 0 saturated carbocycles. The fourth-order valence-corrected chi connectivity index (χ4v) is 1.27. The van der Waals surface area contributed by atoms with E-state index >= 15 is 0 Å². The van der Waals surface area contributed by atoms with Crippen molar-refractivity contribution in [3.8, 4) is 12.3 Å². The van der Waals surface area contributed by atoms with Crippen molar-refractivity contribution >= 4 is 11.8 Å². The molecule has 1 aromatic carbocycles. The van der Waals surface area contributed by atoms with Crippen LogP contribution < -0.4 is 16.5 Å². The summed E-state index contributed by atoms with van der Waals surface area (Å²) in [6.45, 7) is -0.124. The zero-order valence-corrected chi connectivity index (χ0v) is 9.51. The van der Waals surface area contributed by atoms with Gasteiger partial charge in [0.15, 0.2) is 0 Å². The van der Waals surface area contributed by atoms with E-state index in [1.807, 2.05) is 0 Å². The second-order valence-corrected chi connectivity index (χ2v) is 3.46. The number of amides is 2. The van der Waals surface area contributed by atoms with Crippen LogP contribution in [-0.4, -0.2) is 29.6 Å². The van der Waals surface area contributed by atoms with Gasteiger partial charge in [0.25, 0.3) is 11.8 Å². The summed E-state index contributed by atoms with van der Waals surface area (Å²) >= 11 is 0. The van der Waals surface area contributed by atoms with Crippen LogP contribution in [0.15, 0.2) is 24.3 Å². The Morgan fingerprint density at radius 1 is 1.37 bits per heavy atom. The van der Waals surface area contributed by atoms with Crippen LogP contribution in [-0.2, 0) is 4.79 Å². The van der Waals surface area contributed by atoms with Gasteiger partial charge in [0.05, 0.1) is 0 Å². The molecule has 1 aromatic rings. The standard InChI is InChI=1S/C12H13N3O3.CH4/c1-2-8-3-5-9(6-4-8)11(16)14-10(7-13)12(17)15-18;/h1,3-6,10,18H,7,13H2,(H,14,16)(H,15,17);1H4/t10-;/m0./s1. The molecule has 19 heavy (non-hydrogen) atoms. The Balaban J connectivity index is 0.00000324. The Kier molecular flexibility index (Phi) is 6.89. The van der Waals surface area contributed by atoms with Gasteiger partial charge in [-0.25, -0.2) is 5.48 Å². The highest BCUT2D eigenvalue weighted by molar-refractivity contribution is 5.97. The molecule has 102 valence electrons. The lowest BCUT2D eigenvalue weighted by Crippen LogP contribution is -2.50. The molecule has 0 radical (unpaired) electrons. The maximum atomic E-state index is 11.8. The Hall–Kier alpha value is -2.36. The molecule has 0 spiro atoms. The van der Waals surface area contributed by atoms with Crippen LogP contribution in [0.2, 0.25) is 0 Å². The third-order valence-electron chi connectivity index (χ3n) is 2.28. The summed E-state index contributed by atoms with van der Waals surface area (Å²) in [4.78, 5) is 22.9. The molecule has 6 heteroatoms. The maximum absolute atomic E-state index is 11.8. The van der Waals surface area contributed by atoms with Gasteiger partial charge in [-0.1, -0.05) is 13.3 Å². The number of benzene rings is 1. The quantitative estimate of drug-likeness (QED) is 0.345. The van der Waals surface area contributed by atoms with E-state index in [0.29, 0.717) is 11.1 Å². The van der Waals surface area contributed by atoms with E-state index in [1.54, 1.807) is 12.1 Å². The first-order chi connectivity index (χ1) is 8.62. The van der Waals surface area contributed by atoms with Gasteiger partial charge < -0.3 is 11.1 Å². The SMILES string of the molecule is C.C#Cc1ccc(C(=O)N[C@@H](CN)C(=O)NO)cc1. The largest absolute Gasteiger partial charge is 0.339 e. The molecule has 1 atom stereocenters. The highest BCUT2D eigenvalue weighted by Gasteiger charge is 2.19. The van der Waals surface area contributed by atoms with Crippen molar-refractivity contribution in [3.63, 3.8) is 0 Å². The first kappa shape index (κ1) is 16.6. The summed E-state index contributed by atoms with van der Waals surface area (Å²) in [6.07, 6.45) is 5.19. The smallest absolute Gasteiger partial charge is 0.267 e. The number of carbonyl (C=O) groups excluding carboxylic acids is 2. The number of nitrogens with one attached hydrogen (secondary N) is 2. The van der Waals surface area contributed by atoms with Gasteiger partial charge in [0, 0.05) is 17.7 Å². The third kappa shape index (κ3) is 4.43. The van der Waals surface area contributed by atoms with Crippen LogP contribution >= 0.6 is 0 Å². The van der Waals surface area contributed by atoms with Gasteiger partial charge in [-0.2, -0.15) is 0 Å². The van der Waals surface area contributed by atoms with Crippen LogP contribution in [0.25, 0.3) is 0 Å². The fraction of sp³-hybridized carbons (Fsp3) is 0.231. The molecule has 0 unspecified atom stereocenters. The minimum absolute atomic E-state index is 0. The molecule has 0 aliphatic rings. The third-order valence-corrected chi connectivity index (χ3v) is 2.28. The van der Waals surface area contributed by atoms with Crippen molar-refractivity contribution in [2.24, 2.45) is 5.73 Å². The van der Waals surface area contributed by atoms with Gasteiger partial charge in [0.2, 0.25) is 0 Å². The first-order valence-corrected chi connectivity index (χ1v) is 5.14. The van der Waals surface area contributed by atoms with Crippen molar-refractivity contribution in [2.45, 2.75) is 13.5 Å². The molecular weight excluding hydrogens is 246 g/mol. The van der Waals surface area contributed by atoms with Gasteiger partial charge in [-0.15, -0.1) is 6.42 Å². The van der Waals surface area contributed by atoms with Gasteiger partial charge >= 0.3 is 0 Å². The van der Waals surface area contributed by atoms with Crippen molar-refractivity contribution in [3.05, 3.63) is 35.4 Å². The lowest BCUT2D eigenvalue weighted by Gasteiger charge is -2.14.